The van der Waals surface area contributed by atoms with Gasteiger partial charge in [-0.2, -0.15) is 0 Å². The molecule has 1 aromatic carbocycles. The molecule has 5 nitrogen and oxygen atoms in total. The topological polar surface area (TPSA) is 63.7 Å². The minimum atomic E-state index is -1.70. The Bertz CT molecular complexity index is 668. The second-order valence-corrected chi connectivity index (χ2v) is 15.1. The molecule has 0 aromatic heterocycles. The SMILES string of the molecule is CC(C)OSC(=O)SCC(CN1C(=O)c2ccccc2C1=O)[Si](C)(C)C. The van der Waals surface area contributed by atoms with Crippen molar-refractivity contribution in [2.45, 2.75) is 45.1 Å². The molecule has 26 heavy (non-hydrogen) atoms. The molecule has 0 N–H and O–H groups in total. The number of rotatable bonds is 7. The van der Waals surface area contributed by atoms with E-state index >= 15 is 0 Å². The summed E-state index contributed by atoms with van der Waals surface area (Å²) >= 11 is 2.07. The first kappa shape index (κ1) is 21.2. The predicted molar refractivity (Wildman–Crippen MR) is 111 cm³/mol. The van der Waals surface area contributed by atoms with Crippen LogP contribution in [0, 0.1) is 0 Å². The summed E-state index contributed by atoms with van der Waals surface area (Å²) in [5.41, 5.74) is 1.06. The summed E-state index contributed by atoms with van der Waals surface area (Å²) in [5.74, 6) is 0.113. The average Bonchev–Trinajstić information content (AvgIpc) is 2.80. The molecule has 8 heteroatoms. The number of fused-ring (bicyclic) bond motifs is 1. The number of hydrogen-bond acceptors (Lipinski definition) is 6. The quantitative estimate of drug-likeness (QED) is 0.361. The fourth-order valence-electron chi connectivity index (χ4n) is 2.53. The van der Waals surface area contributed by atoms with Crippen molar-refractivity contribution in [2.75, 3.05) is 12.3 Å². The second kappa shape index (κ2) is 8.73. The van der Waals surface area contributed by atoms with Gasteiger partial charge >= 0.3 is 0 Å². The summed E-state index contributed by atoms with van der Waals surface area (Å²) in [6.45, 7) is 10.7. The van der Waals surface area contributed by atoms with E-state index in [-0.39, 0.29) is 27.9 Å². The Morgan fingerprint density at radius 1 is 1.12 bits per heavy atom. The molecule has 1 atom stereocenters. The molecule has 2 amide bonds. The summed E-state index contributed by atoms with van der Waals surface area (Å²) in [4.78, 5) is 38.6. The molecular weight excluding hydrogens is 386 g/mol. The lowest BCUT2D eigenvalue weighted by Crippen LogP contribution is -2.41. The monoisotopic (exact) mass is 411 g/mol. The largest absolute Gasteiger partial charge is 0.305 e. The number of carbonyl (C=O) groups excluding carboxylic acids is 3. The highest BCUT2D eigenvalue weighted by atomic mass is 32.2. The van der Waals surface area contributed by atoms with Crippen LogP contribution in [0.5, 0.6) is 0 Å². The Kier molecular flexibility index (Phi) is 7.12. The third kappa shape index (κ3) is 5.22. The molecule has 0 radical (unpaired) electrons. The molecule has 1 aromatic rings. The van der Waals surface area contributed by atoms with Crippen LogP contribution < -0.4 is 0 Å². The van der Waals surface area contributed by atoms with Gasteiger partial charge in [-0.3, -0.25) is 19.3 Å². The van der Waals surface area contributed by atoms with Crippen molar-refractivity contribution in [3.05, 3.63) is 35.4 Å². The first-order valence-corrected chi connectivity index (χ1v) is 13.9. The summed E-state index contributed by atoms with van der Waals surface area (Å²) in [7, 11) is -1.70. The van der Waals surface area contributed by atoms with Crippen LogP contribution in [-0.4, -0.2) is 47.6 Å². The highest BCUT2D eigenvalue weighted by molar-refractivity contribution is 8.36. The van der Waals surface area contributed by atoms with Crippen molar-refractivity contribution in [3.63, 3.8) is 0 Å². The molecular formula is C18H25NO4S2Si. The summed E-state index contributed by atoms with van der Waals surface area (Å²) < 4.78 is 5.18. The van der Waals surface area contributed by atoms with Crippen LogP contribution in [0.25, 0.3) is 0 Å². The minimum Gasteiger partial charge on any atom is -0.305 e. The Hall–Kier alpha value is -1.09. The van der Waals surface area contributed by atoms with Crippen molar-refractivity contribution in [1.29, 1.82) is 0 Å². The van der Waals surface area contributed by atoms with Crippen LogP contribution in [0.4, 0.5) is 4.79 Å². The normalized spacial score (nSPS) is 15.5. The van der Waals surface area contributed by atoms with Crippen LogP contribution in [0.3, 0.4) is 0 Å². The van der Waals surface area contributed by atoms with Crippen LogP contribution >= 0.6 is 23.8 Å². The van der Waals surface area contributed by atoms with E-state index in [2.05, 4.69) is 19.6 Å². The first-order valence-electron chi connectivity index (χ1n) is 8.56. The van der Waals surface area contributed by atoms with Crippen molar-refractivity contribution < 1.29 is 18.6 Å². The molecule has 0 saturated heterocycles. The molecule has 0 spiro atoms. The van der Waals surface area contributed by atoms with E-state index in [1.54, 1.807) is 24.3 Å². The van der Waals surface area contributed by atoms with Crippen LogP contribution in [-0.2, 0) is 4.18 Å². The highest BCUT2D eigenvalue weighted by Gasteiger charge is 2.39. The van der Waals surface area contributed by atoms with E-state index < -0.39 is 8.07 Å². The number of hydrogen-bond donors (Lipinski definition) is 0. The maximum Gasteiger partial charge on any atom is 0.272 e. The van der Waals surface area contributed by atoms with Gasteiger partial charge in [0.1, 0.15) is 0 Å². The Morgan fingerprint density at radius 2 is 1.65 bits per heavy atom. The third-order valence-electron chi connectivity index (χ3n) is 4.22. The van der Waals surface area contributed by atoms with Crippen molar-refractivity contribution in [2.24, 2.45) is 0 Å². The average molecular weight is 412 g/mol. The fourth-order valence-corrected chi connectivity index (χ4v) is 6.74. The van der Waals surface area contributed by atoms with Crippen LogP contribution in [0.15, 0.2) is 24.3 Å². The number of thioether (sulfide) groups is 1. The zero-order valence-electron chi connectivity index (χ0n) is 15.8. The number of amides is 2. The van der Waals surface area contributed by atoms with Gasteiger partial charge in [0, 0.05) is 12.3 Å². The second-order valence-electron chi connectivity index (χ2n) is 7.62. The predicted octanol–water partition coefficient (Wildman–Crippen LogP) is 4.92. The lowest BCUT2D eigenvalue weighted by atomic mass is 10.1. The molecule has 1 aliphatic rings. The van der Waals surface area contributed by atoms with Crippen LogP contribution in [0.1, 0.15) is 34.6 Å². The van der Waals surface area contributed by atoms with Gasteiger partial charge in [0.05, 0.1) is 37.3 Å². The Morgan fingerprint density at radius 3 is 2.12 bits per heavy atom. The Labute approximate surface area is 164 Å². The summed E-state index contributed by atoms with van der Waals surface area (Å²) in [6.07, 6.45) is -0.0179. The summed E-state index contributed by atoms with van der Waals surface area (Å²) in [6, 6.07) is 6.92. The maximum absolute atomic E-state index is 12.6. The lowest BCUT2D eigenvalue weighted by molar-refractivity contribution is 0.0654. The smallest absolute Gasteiger partial charge is 0.272 e. The molecule has 0 fully saturated rings. The van der Waals surface area contributed by atoms with Crippen molar-refractivity contribution >= 4 is 48.1 Å². The first-order chi connectivity index (χ1) is 12.1. The van der Waals surface area contributed by atoms with Crippen molar-refractivity contribution in [1.82, 2.24) is 4.90 Å². The van der Waals surface area contributed by atoms with E-state index in [9.17, 15) is 14.4 Å². The summed E-state index contributed by atoms with van der Waals surface area (Å²) in [5, 5.41) is 0. The molecule has 1 heterocycles. The number of carbonyl (C=O) groups is 3. The van der Waals surface area contributed by atoms with Gasteiger partial charge in [-0.25, -0.2) is 0 Å². The molecule has 1 unspecified atom stereocenters. The van der Waals surface area contributed by atoms with Crippen LogP contribution in [0.2, 0.25) is 25.2 Å². The molecule has 1 aliphatic heterocycles. The van der Waals surface area contributed by atoms with Gasteiger partial charge in [0.2, 0.25) is 0 Å². The minimum absolute atomic E-state index is 0.0179. The van der Waals surface area contributed by atoms with E-state index in [4.69, 9.17) is 4.18 Å². The fraction of sp³-hybridized carbons (Fsp3) is 0.500. The van der Waals surface area contributed by atoms with Gasteiger partial charge < -0.3 is 4.18 Å². The molecule has 0 bridgehead atoms. The van der Waals surface area contributed by atoms with Gasteiger partial charge in [-0.05, 0) is 31.5 Å². The number of imide groups is 1. The Balaban J connectivity index is 2.04. The van der Waals surface area contributed by atoms with E-state index in [1.807, 2.05) is 13.8 Å². The number of benzene rings is 1. The van der Waals surface area contributed by atoms with E-state index in [0.29, 0.717) is 23.4 Å². The lowest BCUT2D eigenvalue weighted by Gasteiger charge is -2.31. The van der Waals surface area contributed by atoms with E-state index in [0.717, 1.165) is 12.0 Å². The van der Waals surface area contributed by atoms with Crippen molar-refractivity contribution in [3.8, 4) is 0 Å². The molecule has 2 rings (SSSR count). The highest BCUT2D eigenvalue weighted by Crippen LogP contribution is 2.33. The standard InChI is InChI=1S/C18H25NO4S2Si/c1-12(2)23-25-18(22)24-11-13(26(3,4)5)10-19-16(20)14-8-6-7-9-15(14)17(19)21/h6-9,12-13H,10-11H2,1-5H3. The molecule has 0 saturated carbocycles. The van der Waals surface area contributed by atoms with Gasteiger partial charge in [-0.1, -0.05) is 43.5 Å². The molecule has 142 valence electrons. The zero-order valence-corrected chi connectivity index (χ0v) is 18.4. The maximum atomic E-state index is 12.6. The van der Waals surface area contributed by atoms with Gasteiger partial charge in [-0.15, -0.1) is 0 Å². The van der Waals surface area contributed by atoms with E-state index in [1.165, 1.54) is 16.7 Å². The molecule has 0 aliphatic carbocycles. The zero-order chi connectivity index (χ0) is 19.5. The number of nitrogens with zero attached hydrogens (tertiary/aromatic N) is 1. The third-order valence-corrected chi connectivity index (χ3v) is 9.33. The van der Waals surface area contributed by atoms with Gasteiger partial charge in [0.25, 0.3) is 16.3 Å². The van der Waals surface area contributed by atoms with Gasteiger partial charge in [0.15, 0.2) is 0 Å².